The van der Waals surface area contributed by atoms with Crippen LogP contribution < -0.4 is 10.2 Å². The normalized spacial score (nSPS) is 24.6. The molecule has 1 heterocycles. The topological polar surface area (TPSA) is 52.6 Å². The highest BCUT2D eigenvalue weighted by atomic mass is 19.1. The van der Waals surface area contributed by atoms with Crippen LogP contribution in [0.2, 0.25) is 0 Å². The van der Waals surface area contributed by atoms with Gasteiger partial charge < -0.3 is 15.3 Å². The highest BCUT2D eigenvalue weighted by Gasteiger charge is 2.46. The summed E-state index contributed by atoms with van der Waals surface area (Å²) in [5, 5.41) is 12.8. The zero-order valence-corrected chi connectivity index (χ0v) is 17.0. The molecule has 3 aliphatic rings. The molecule has 1 aromatic rings. The third-order valence-electron chi connectivity index (χ3n) is 6.28. The van der Waals surface area contributed by atoms with Crippen LogP contribution in [-0.2, 0) is 4.79 Å². The molecule has 1 amide bonds. The van der Waals surface area contributed by atoms with Crippen LogP contribution in [0.1, 0.15) is 43.7 Å². The number of hydrogen-bond donors (Lipinski definition) is 2. The van der Waals surface area contributed by atoms with Crippen molar-refractivity contribution in [1.29, 1.82) is 0 Å². The number of halogens is 2. The summed E-state index contributed by atoms with van der Waals surface area (Å²) in [6.45, 7) is 1.34. The Balaban J connectivity index is 1.44. The van der Waals surface area contributed by atoms with Crippen molar-refractivity contribution in [2.75, 3.05) is 24.6 Å². The first-order valence-electron chi connectivity index (χ1n) is 10.8. The third kappa shape index (κ3) is 4.48. The summed E-state index contributed by atoms with van der Waals surface area (Å²) in [6, 6.07) is 4.13. The number of piperidine rings is 1. The van der Waals surface area contributed by atoms with Crippen molar-refractivity contribution in [2.45, 2.75) is 38.1 Å². The van der Waals surface area contributed by atoms with E-state index in [-0.39, 0.29) is 36.0 Å². The predicted octanol–water partition coefficient (Wildman–Crippen LogP) is 4.34. The van der Waals surface area contributed by atoms with Gasteiger partial charge in [0.2, 0.25) is 5.91 Å². The number of aliphatic hydroxyl groups is 1. The van der Waals surface area contributed by atoms with Gasteiger partial charge in [0.05, 0.1) is 18.3 Å². The van der Waals surface area contributed by atoms with E-state index in [1.54, 1.807) is 24.3 Å². The molecule has 0 aromatic heterocycles. The van der Waals surface area contributed by atoms with Crippen LogP contribution >= 0.6 is 0 Å². The minimum atomic E-state index is -0.615. The minimum Gasteiger partial charge on any atom is -0.394 e. The molecule has 1 aliphatic heterocycles. The summed E-state index contributed by atoms with van der Waals surface area (Å²) in [5.74, 6) is -1.14. The van der Waals surface area contributed by atoms with E-state index in [9.17, 15) is 18.7 Å². The Labute approximate surface area is 176 Å². The predicted molar refractivity (Wildman–Crippen MR) is 113 cm³/mol. The molecule has 1 aromatic carbocycles. The summed E-state index contributed by atoms with van der Waals surface area (Å²) in [7, 11) is 0. The van der Waals surface area contributed by atoms with Crippen LogP contribution in [0.5, 0.6) is 0 Å². The lowest BCUT2D eigenvalue weighted by Gasteiger charge is -2.30. The molecule has 4 nitrogen and oxygen atoms in total. The third-order valence-corrected chi connectivity index (χ3v) is 6.28. The van der Waals surface area contributed by atoms with Crippen LogP contribution in [0.4, 0.5) is 14.5 Å². The summed E-state index contributed by atoms with van der Waals surface area (Å²) < 4.78 is 28.6. The Bertz CT molecular complexity index is 887. The number of carbonyl (C=O) groups is 1. The second-order valence-electron chi connectivity index (χ2n) is 8.32. The van der Waals surface area contributed by atoms with E-state index < -0.39 is 6.04 Å². The van der Waals surface area contributed by atoms with E-state index in [1.165, 1.54) is 12.1 Å². The first-order chi connectivity index (χ1) is 14.6. The smallest absolute Gasteiger partial charge is 0.224 e. The Morgan fingerprint density at radius 2 is 2.00 bits per heavy atom. The van der Waals surface area contributed by atoms with E-state index in [0.717, 1.165) is 32.4 Å². The molecule has 30 heavy (non-hydrogen) atoms. The van der Waals surface area contributed by atoms with Gasteiger partial charge in [-0.05, 0) is 67.4 Å². The second kappa shape index (κ2) is 9.13. The highest BCUT2D eigenvalue weighted by molar-refractivity contribution is 5.83. The first-order valence-corrected chi connectivity index (χ1v) is 10.8. The second-order valence-corrected chi connectivity index (χ2v) is 8.32. The number of aliphatic hydroxyl groups excluding tert-OH is 1. The lowest BCUT2D eigenvalue weighted by molar-refractivity contribution is -0.123. The first kappa shape index (κ1) is 20.8. The average molecular weight is 414 g/mol. The van der Waals surface area contributed by atoms with Crippen molar-refractivity contribution in [3.05, 3.63) is 65.3 Å². The van der Waals surface area contributed by atoms with Crippen LogP contribution in [0.25, 0.3) is 0 Å². The standard InChI is InChI=1S/C24H28F2N2O2/c25-20-8-4-1-3-7-17(20)18-14-19(18)24(30)27-22(15-29)16-9-10-21(26)23(13-16)28-11-5-2-6-12-28/h1,3-4,8-10,13,18-19,22,29H,2,5-7,11-12,14-15H2,(H,27,30). The van der Waals surface area contributed by atoms with Crippen molar-refractivity contribution in [3.8, 4) is 0 Å². The van der Waals surface area contributed by atoms with Crippen molar-refractivity contribution < 1.29 is 18.7 Å². The lowest BCUT2D eigenvalue weighted by atomic mass is 10.0. The van der Waals surface area contributed by atoms with Gasteiger partial charge >= 0.3 is 0 Å². The summed E-state index contributed by atoms with van der Waals surface area (Å²) >= 11 is 0. The van der Waals surface area contributed by atoms with Crippen molar-refractivity contribution in [1.82, 2.24) is 5.32 Å². The molecule has 0 radical (unpaired) electrons. The molecule has 2 fully saturated rings. The molecule has 0 spiro atoms. The minimum absolute atomic E-state index is 0.103. The SMILES string of the molecule is O=C(NC(CO)c1ccc(F)c(N2CCCCC2)c1)C1CC1C1=C(F)C=CC=CC1. The molecular formula is C24H28F2N2O2. The molecule has 4 rings (SSSR count). The molecule has 160 valence electrons. The Hall–Kier alpha value is -2.47. The lowest BCUT2D eigenvalue weighted by Crippen LogP contribution is -2.33. The van der Waals surface area contributed by atoms with Crippen molar-refractivity contribution in [3.63, 3.8) is 0 Å². The number of nitrogens with zero attached hydrogens (tertiary/aromatic N) is 1. The molecule has 0 bridgehead atoms. The van der Waals surface area contributed by atoms with E-state index >= 15 is 0 Å². The van der Waals surface area contributed by atoms with E-state index in [4.69, 9.17) is 0 Å². The number of anilines is 1. The maximum absolute atomic E-state index is 14.4. The number of allylic oxidation sites excluding steroid dienone is 6. The Morgan fingerprint density at radius 1 is 1.20 bits per heavy atom. The fraction of sp³-hybridized carbons (Fsp3) is 0.458. The van der Waals surface area contributed by atoms with Crippen molar-refractivity contribution in [2.24, 2.45) is 11.8 Å². The van der Waals surface area contributed by atoms with Gasteiger partial charge in [-0.3, -0.25) is 4.79 Å². The molecule has 2 N–H and O–H groups in total. The van der Waals surface area contributed by atoms with Crippen LogP contribution in [0.3, 0.4) is 0 Å². The number of nitrogens with one attached hydrogen (secondary N) is 1. The van der Waals surface area contributed by atoms with Gasteiger partial charge in [-0.2, -0.15) is 0 Å². The maximum atomic E-state index is 14.4. The van der Waals surface area contributed by atoms with Gasteiger partial charge in [-0.25, -0.2) is 8.78 Å². The molecule has 1 saturated carbocycles. The molecule has 3 atom stereocenters. The quantitative estimate of drug-likeness (QED) is 0.728. The van der Waals surface area contributed by atoms with Gasteiger partial charge in [0.25, 0.3) is 0 Å². The molecule has 1 saturated heterocycles. The largest absolute Gasteiger partial charge is 0.394 e. The summed E-state index contributed by atoms with van der Waals surface area (Å²) in [6.07, 6.45) is 11.1. The monoisotopic (exact) mass is 414 g/mol. The average Bonchev–Trinajstić information content (AvgIpc) is 3.57. The fourth-order valence-corrected chi connectivity index (χ4v) is 4.45. The van der Waals surface area contributed by atoms with Crippen LogP contribution in [0.15, 0.2) is 53.9 Å². The zero-order valence-electron chi connectivity index (χ0n) is 17.0. The van der Waals surface area contributed by atoms with E-state index in [1.807, 2.05) is 11.0 Å². The Kier molecular flexibility index (Phi) is 6.32. The highest BCUT2D eigenvalue weighted by Crippen LogP contribution is 2.47. The number of rotatable bonds is 6. The van der Waals surface area contributed by atoms with Gasteiger partial charge in [0.1, 0.15) is 11.6 Å². The van der Waals surface area contributed by atoms with Gasteiger partial charge in [-0.1, -0.05) is 24.3 Å². The fourth-order valence-electron chi connectivity index (χ4n) is 4.45. The number of amides is 1. The maximum Gasteiger partial charge on any atom is 0.224 e. The number of benzene rings is 1. The summed E-state index contributed by atoms with van der Waals surface area (Å²) in [5.41, 5.74) is 1.86. The van der Waals surface area contributed by atoms with Gasteiger partial charge in [0, 0.05) is 19.0 Å². The summed E-state index contributed by atoms with van der Waals surface area (Å²) in [4.78, 5) is 14.8. The van der Waals surface area contributed by atoms with Crippen molar-refractivity contribution >= 4 is 11.6 Å². The molecular weight excluding hydrogens is 386 g/mol. The van der Waals surface area contributed by atoms with Gasteiger partial charge in [0.15, 0.2) is 0 Å². The van der Waals surface area contributed by atoms with Gasteiger partial charge in [-0.15, -0.1) is 0 Å². The number of hydrogen-bond acceptors (Lipinski definition) is 3. The van der Waals surface area contributed by atoms with Crippen LogP contribution in [0, 0.1) is 17.7 Å². The number of carbonyl (C=O) groups excluding carboxylic acids is 1. The van der Waals surface area contributed by atoms with E-state index in [2.05, 4.69) is 5.32 Å². The Morgan fingerprint density at radius 3 is 2.77 bits per heavy atom. The zero-order chi connectivity index (χ0) is 21.1. The molecule has 2 aliphatic carbocycles. The van der Waals surface area contributed by atoms with E-state index in [0.29, 0.717) is 29.7 Å². The van der Waals surface area contributed by atoms with Crippen LogP contribution in [-0.4, -0.2) is 30.7 Å². The molecule has 3 unspecified atom stereocenters. The molecule has 6 heteroatoms.